The fourth-order valence-electron chi connectivity index (χ4n) is 1.45. The van der Waals surface area contributed by atoms with E-state index < -0.39 is 0 Å². The molecule has 0 saturated carbocycles. The highest BCUT2D eigenvalue weighted by Crippen LogP contribution is 2.26. The van der Waals surface area contributed by atoms with Gasteiger partial charge in [-0.1, -0.05) is 26.8 Å². The summed E-state index contributed by atoms with van der Waals surface area (Å²) in [5.41, 5.74) is 6.72. The van der Waals surface area contributed by atoms with Gasteiger partial charge >= 0.3 is 0 Å². The van der Waals surface area contributed by atoms with E-state index in [1.165, 1.54) is 7.11 Å². The SMILES string of the molecule is COc1c(N)cccc1C(=O)NC(C)C(C)(C)C. The Morgan fingerprint density at radius 2 is 2.00 bits per heavy atom. The lowest BCUT2D eigenvalue weighted by atomic mass is 9.88. The second kappa shape index (κ2) is 5.29. The zero-order chi connectivity index (χ0) is 13.9. The third-order valence-electron chi connectivity index (χ3n) is 3.14. The molecule has 0 aromatic heterocycles. The first kappa shape index (κ1) is 14.4. The largest absolute Gasteiger partial charge is 0.494 e. The molecule has 0 heterocycles. The highest BCUT2D eigenvalue weighted by Gasteiger charge is 2.23. The molecular weight excluding hydrogens is 228 g/mol. The highest BCUT2D eigenvalue weighted by molar-refractivity contribution is 5.98. The quantitative estimate of drug-likeness (QED) is 0.810. The number of nitrogen functional groups attached to an aromatic ring is 1. The number of carbonyl (C=O) groups is 1. The molecule has 0 spiro atoms. The van der Waals surface area contributed by atoms with Gasteiger partial charge in [0.2, 0.25) is 0 Å². The summed E-state index contributed by atoms with van der Waals surface area (Å²) in [5.74, 6) is 0.262. The number of ether oxygens (including phenoxy) is 1. The van der Waals surface area contributed by atoms with Crippen LogP contribution in [0.2, 0.25) is 0 Å². The minimum atomic E-state index is -0.165. The summed E-state index contributed by atoms with van der Waals surface area (Å²) < 4.78 is 5.18. The molecule has 4 heteroatoms. The molecule has 0 aliphatic carbocycles. The Morgan fingerprint density at radius 1 is 1.39 bits per heavy atom. The first-order valence-electron chi connectivity index (χ1n) is 6.00. The van der Waals surface area contributed by atoms with Crippen molar-refractivity contribution in [2.24, 2.45) is 5.41 Å². The molecular formula is C14H22N2O2. The van der Waals surface area contributed by atoms with Gasteiger partial charge in [-0.25, -0.2) is 0 Å². The lowest BCUT2D eigenvalue weighted by molar-refractivity contribution is 0.0907. The lowest BCUT2D eigenvalue weighted by Gasteiger charge is -2.28. The van der Waals surface area contributed by atoms with Gasteiger partial charge in [0.15, 0.2) is 5.75 Å². The Hall–Kier alpha value is -1.71. The molecule has 4 nitrogen and oxygen atoms in total. The molecule has 1 rings (SSSR count). The van der Waals surface area contributed by atoms with Gasteiger partial charge in [-0.15, -0.1) is 0 Å². The maximum absolute atomic E-state index is 12.2. The Labute approximate surface area is 109 Å². The zero-order valence-corrected chi connectivity index (χ0v) is 11.7. The first-order chi connectivity index (χ1) is 8.27. The lowest BCUT2D eigenvalue weighted by Crippen LogP contribution is -2.41. The number of hydrogen-bond donors (Lipinski definition) is 2. The zero-order valence-electron chi connectivity index (χ0n) is 11.7. The summed E-state index contributed by atoms with van der Waals surface area (Å²) in [6.45, 7) is 8.22. The van der Waals surface area contributed by atoms with Crippen LogP contribution in [0.15, 0.2) is 18.2 Å². The van der Waals surface area contributed by atoms with E-state index in [0.717, 1.165) is 0 Å². The molecule has 0 fully saturated rings. The average Bonchev–Trinajstić information content (AvgIpc) is 2.27. The van der Waals surface area contributed by atoms with Crippen LogP contribution in [0.5, 0.6) is 5.75 Å². The minimum Gasteiger partial charge on any atom is -0.494 e. The summed E-state index contributed by atoms with van der Waals surface area (Å²) in [4.78, 5) is 12.2. The number of amides is 1. The third-order valence-corrected chi connectivity index (χ3v) is 3.14. The molecule has 0 radical (unpaired) electrons. The van der Waals surface area contributed by atoms with E-state index in [9.17, 15) is 4.79 Å². The van der Waals surface area contributed by atoms with E-state index in [1.54, 1.807) is 18.2 Å². The predicted octanol–water partition coefficient (Wildman–Crippen LogP) is 2.44. The summed E-state index contributed by atoms with van der Waals surface area (Å²) in [6, 6.07) is 5.22. The van der Waals surface area contributed by atoms with Crippen LogP contribution in [-0.4, -0.2) is 19.1 Å². The number of rotatable bonds is 3. The number of hydrogen-bond acceptors (Lipinski definition) is 3. The molecule has 1 aromatic rings. The fraction of sp³-hybridized carbons (Fsp3) is 0.500. The van der Waals surface area contributed by atoms with Gasteiger partial charge in [0.1, 0.15) is 0 Å². The average molecular weight is 250 g/mol. The van der Waals surface area contributed by atoms with Crippen molar-refractivity contribution in [3.63, 3.8) is 0 Å². The standard InChI is InChI=1S/C14H22N2O2/c1-9(14(2,3)4)16-13(17)10-7-6-8-11(15)12(10)18-5/h6-9H,15H2,1-5H3,(H,16,17). The number of methoxy groups -OCH3 is 1. The topological polar surface area (TPSA) is 64.3 Å². The maximum atomic E-state index is 12.2. The summed E-state index contributed by atoms with van der Waals surface area (Å²) in [6.07, 6.45) is 0. The molecule has 1 atom stereocenters. The second-order valence-corrected chi connectivity index (χ2v) is 5.49. The van der Waals surface area contributed by atoms with Gasteiger partial charge < -0.3 is 15.8 Å². The van der Waals surface area contributed by atoms with Crippen molar-refractivity contribution in [2.75, 3.05) is 12.8 Å². The molecule has 1 unspecified atom stereocenters. The normalized spacial score (nSPS) is 12.9. The van der Waals surface area contributed by atoms with Gasteiger partial charge in [-0.3, -0.25) is 4.79 Å². The van der Waals surface area contributed by atoms with Crippen molar-refractivity contribution in [1.29, 1.82) is 0 Å². The third kappa shape index (κ3) is 3.15. The van der Waals surface area contributed by atoms with Crippen LogP contribution in [-0.2, 0) is 0 Å². The number of nitrogens with one attached hydrogen (secondary N) is 1. The monoisotopic (exact) mass is 250 g/mol. The molecule has 0 bridgehead atoms. The van der Waals surface area contributed by atoms with Crippen molar-refractivity contribution < 1.29 is 9.53 Å². The van der Waals surface area contributed by atoms with E-state index in [-0.39, 0.29) is 17.4 Å². The summed E-state index contributed by atoms with van der Waals surface area (Å²) in [5, 5.41) is 2.96. The van der Waals surface area contributed by atoms with Crippen molar-refractivity contribution in [3.05, 3.63) is 23.8 Å². The van der Waals surface area contributed by atoms with Crippen LogP contribution in [0.4, 0.5) is 5.69 Å². The van der Waals surface area contributed by atoms with E-state index >= 15 is 0 Å². The van der Waals surface area contributed by atoms with Crippen molar-refractivity contribution in [2.45, 2.75) is 33.7 Å². The first-order valence-corrected chi connectivity index (χ1v) is 6.00. The molecule has 0 aliphatic rings. The van der Waals surface area contributed by atoms with Gasteiger partial charge in [0.05, 0.1) is 18.4 Å². The highest BCUT2D eigenvalue weighted by atomic mass is 16.5. The van der Waals surface area contributed by atoms with Gasteiger partial charge in [-0.05, 0) is 24.5 Å². The molecule has 18 heavy (non-hydrogen) atoms. The molecule has 1 aromatic carbocycles. The van der Waals surface area contributed by atoms with Crippen LogP contribution in [0.3, 0.4) is 0 Å². The van der Waals surface area contributed by atoms with Gasteiger partial charge in [0.25, 0.3) is 5.91 Å². The van der Waals surface area contributed by atoms with Crippen LogP contribution in [0.1, 0.15) is 38.1 Å². The van der Waals surface area contributed by atoms with Crippen molar-refractivity contribution >= 4 is 11.6 Å². The van der Waals surface area contributed by atoms with E-state index in [2.05, 4.69) is 26.1 Å². The van der Waals surface area contributed by atoms with Crippen LogP contribution in [0, 0.1) is 5.41 Å². The Kier molecular flexibility index (Phi) is 4.22. The smallest absolute Gasteiger partial charge is 0.255 e. The number of anilines is 1. The van der Waals surface area contributed by atoms with Gasteiger partial charge in [-0.2, -0.15) is 0 Å². The molecule has 0 saturated heterocycles. The Bertz CT molecular complexity index is 436. The van der Waals surface area contributed by atoms with Gasteiger partial charge in [0, 0.05) is 6.04 Å². The summed E-state index contributed by atoms with van der Waals surface area (Å²) >= 11 is 0. The molecule has 3 N–H and O–H groups in total. The van der Waals surface area contributed by atoms with Crippen molar-refractivity contribution in [3.8, 4) is 5.75 Å². The predicted molar refractivity (Wildman–Crippen MR) is 73.8 cm³/mol. The number of carbonyl (C=O) groups excluding carboxylic acids is 1. The van der Waals surface area contributed by atoms with Crippen LogP contribution >= 0.6 is 0 Å². The Morgan fingerprint density at radius 3 is 2.50 bits per heavy atom. The minimum absolute atomic E-state index is 0.00319. The molecule has 1 amide bonds. The van der Waals surface area contributed by atoms with Crippen molar-refractivity contribution in [1.82, 2.24) is 5.32 Å². The summed E-state index contributed by atoms with van der Waals surface area (Å²) in [7, 11) is 1.51. The Balaban J connectivity index is 2.95. The van der Waals surface area contributed by atoms with Crippen LogP contribution in [0.25, 0.3) is 0 Å². The number of benzene rings is 1. The number of nitrogens with two attached hydrogens (primary N) is 1. The van der Waals surface area contributed by atoms with E-state index in [4.69, 9.17) is 10.5 Å². The van der Waals surface area contributed by atoms with Crippen LogP contribution < -0.4 is 15.8 Å². The number of para-hydroxylation sites is 1. The fourth-order valence-corrected chi connectivity index (χ4v) is 1.45. The van der Waals surface area contributed by atoms with E-state index in [1.807, 2.05) is 6.92 Å². The van der Waals surface area contributed by atoms with E-state index in [0.29, 0.717) is 17.0 Å². The molecule has 0 aliphatic heterocycles. The maximum Gasteiger partial charge on any atom is 0.255 e. The second-order valence-electron chi connectivity index (χ2n) is 5.49. The molecule has 100 valence electrons.